The van der Waals surface area contributed by atoms with E-state index < -0.39 is 16.2 Å². The number of hydrogen-bond acceptors (Lipinski definition) is 2. The van der Waals surface area contributed by atoms with Gasteiger partial charge in [0.25, 0.3) is 10.0 Å². The lowest BCUT2D eigenvalue weighted by Crippen LogP contribution is -2.11. The van der Waals surface area contributed by atoms with Crippen LogP contribution in [0, 0.1) is 6.92 Å². The lowest BCUT2D eigenvalue weighted by atomic mass is 10.1. The van der Waals surface area contributed by atoms with Gasteiger partial charge in [-0.05, 0) is 31.2 Å². The van der Waals surface area contributed by atoms with Crippen LogP contribution in [0.15, 0.2) is 65.7 Å². The average Bonchev–Trinajstić information content (AvgIpc) is 2.92. The molecule has 0 radical (unpaired) electrons. The zero-order valence-corrected chi connectivity index (χ0v) is 14.0. The fourth-order valence-electron chi connectivity index (χ4n) is 2.52. The molecule has 0 unspecified atom stereocenters. The second-order valence-electron chi connectivity index (χ2n) is 5.59. The van der Waals surface area contributed by atoms with Crippen LogP contribution in [-0.2, 0) is 10.0 Å². The number of rotatable bonds is 3. The minimum Gasteiger partial charge on any atom is -0.241 e. The van der Waals surface area contributed by atoms with Crippen molar-refractivity contribution in [3.8, 4) is 0 Å². The predicted molar refractivity (Wildman–Crippen MR) is 90.8 cm³/mol. The van der Waals surface area contributed by atoms with Crippen molar-refractivity contribution in [2.24, 2.45) is 0 Å². The molecule has 0 amide bonds. The summed E-state index contributed by atoms with van der Waals surface area (Å²) >= 11 is 0. The van der Waals surface area contributed by atoms with Crippen LogP contribution >= 0.6 is 0 Å². The minimum absolute atomic E-state index is 0.0743. The van der Waals surface area contributed by atoms with Gasteiger partial charge < -0.3 is 0 Å². The highest BCUT2D eigenvalue weighted by atomic mass is 32.2. The standard InChI is InChI=1S/C18H14F3NO2S/c1-13-6-8-15(9-7-13)25(23,24)22-12-14(10-11-18(19,20)21)16-4-2-3-5-17(16)22/h2-12H,1H3/b11-10+. The highest BCUT2D eigenvalue weighted by molar-refractivity contribution is 7.90. The maximum atomic E-state index is 12.9. The third-order valence-electron chi connectivity index (χ3n) is 3.74. The van der Waals surface area contributed by atoms with E-state index in [0.717, 1.165) is 15.6 Å². The molecule has 0 saturated heterocycles. The zero-order chi connectivity index (χ0) is 18.2. The lowest BCUT2D eigenvalue weighted by Gasteiger charge is -2.07. The summed E-state index contributed by atoms with van der Waals surface area (Å²) < 4.78 is 64.2. The van der Waals surface area contributed by atoms with Crippen molar-refractivity contribution in [2.75, 3.05) is 0 Å². The number of aromatic nitrogens is 1. The average molecular weight is 365 g/mol. The monoisotopic (exact) mass is 365 g/mol. The van der Waals surface area contributed by atoms with Crippen molar-refractivity contribution in [3.63, 3.8) is 0 Å². The number of halogens is 3. The summed E-state index contributed by atoms with van der Waals surface area (Å²) in [5, 5.41) is 0.429. The highest BCUT2D eigenvalue weighted by Gasteiger charge is 2.24. The molecule has 0 aliphatic heterocycles. The zero-order valence-electron chi connectivity index (χ0n) is 13.2. The highest BCUT2D eigenvalue weighted by Crippen LogP contribution is 2.28. The van der Waals surface area contributed by atoms with Crippen molar-refractivity contribution in [1.82, 2.24) is 3.97 Å². The van der Waals surface area contributed by atoms with Crippen LogP contribution < -0.4 is 0 Å². The number of hydrogen-bond donors (Lipinski definition) is 0. The molecule has 2 aromatic carbocycles. The summed E-state index contributed by atoms with van der Waals surface area (Å²) in [4.78, 5) is 0.0743. The van der Waals surface area contributed by atoms with Crippen molar-refractivity contribution < 1.29 is 21.6 Å². The van der Waals surface area contributed by atoms with E-state index in [2.05, 4.69) is 0 Å². The Morgan fingerprint density at radius 3 is 2.28 bits per heavy atom. The van der Waals surface area contributed by atoms with E-state index in [0.29, 0.717) is 10.9 Å². The molecule has 3 aromatic rings. The largest absolute Gasteiger partial charge is 0.409 e. The molecular formula is C18H14F3NO2S. The quantitative estimate of drug-likeness (QED) is 0.671. The molecule has 0 aliphatic carbocycles. The van der Waals surface area contributed by atoms with E-state index in [4.69, 9.17) is 0 Å². The Labute approximate surface area is 143 Å². The van der Waals surface area contributed by atoms with Crippen molar-refractivity contribution in [2.45, 2.75) is 18.0 Å². The van der Waals surface area contributed by atoms with Gasteiger partial charge in [-0.3, -0.25) is 0 Å². The molecule has 0 atom stereocenters. The molecule has 0 fully saturated rings. The Morgan fingerprint density at radius 2 is 1.64 bits per heavy atom. The molecule has 0 aliphatic rings. The van der Waals surface area contributed by atoms with Crippen LogP contribution in [0.2, 0.25) is 0 Å². The second-order valence-corrected chi connectivity index (χ2v) is 7.41. The van der Waals surface area contributed by atoms with Gasteiger partial charge in [-0.1, -0.05) is 35.9 Å². The smallest absolute Gasteiger partial charge is 0.241 e. The molecule has 3 rings (SSSR count). The fourth-order valence-corrected chi connectivity index (χ4v) is 3.89. The van der Waals surface area contributed by atoms with E-state index >= 15 is 0 Å². The van der Waals surface area contributed by atoms with Crippen LogP contribution in [0.1, 0.15) is 11.1 Å². The van der Waals surface area contributed by atoms with Crippen LogP contribution in [0.5, 0.6) is 0 Å². The minimum atomic E-state index is -4.47. The van der Waals surface area contributed by atoms with Gasteiger partial charge in [0.1, 0.15) is 0 Å². The first-order chi connectivity index (χ1) is 11.7. The first kappa shape index (κ1) is 17.3. The number of nitrogens with zero attached hydrogens (tertiary/aromatic N) is 1. The number of fused-ring (bicyclic) bond motifs is 1. The van der Waals surface area contributed by atoms with Gasteiger partial charge in [-0.15, -0.1) is 0 Å². The van der Waals surface area contributed by atoms with Crippen molar-refractivity contribution in [3.05, 3.63) is 71.9 Å². The van der Waals surface area contributed by atoms with Gasteiger partial charge in [0.15, 0.2) is 0 Å². The topological polar surface area (TPSA) is 39.1 Å². The van der Waals surface area contributed by atoms with Crippen LogP contribution in [0.4, 0.5) is 13.2 Å². The van der Waals surface area contributed by atoms with Crippen molar-refractivity contribution in [1.29, 1.82) is 0 Å². The Balaban J connectivity index is 2.20. The SMILES string of the molecule is Cc1ccc(S(=O)(=O)n2cc(/C=C/C(F)(F)F)c3ccccc32)cc1. The summed E-state index contributed by atoms with van der Waals surface area (Å²) in [5.41, 5.74) is 1.42. The van der Waals surface area contributed by atoms with Gasteiger partial charge >= 0.3 is 6.18 Å². The Kier molecular flexibility index (Phi) is 4.20. The molecule has 0 N–H and O–H groups in total. The number of benzene rings is 2. The fraction of sp³-hybridized carbons (Fsp3) is 0.111. The molecule has 0 spiro atoms. The maximum absolute atomic E-state index is 12.9. The third kappa shape index (κ3) is 3.46. The molecule has 0 bridgehead atoms. The lowest BCUT2D eigenvalue weighted by molar-refractivity contribution is -0.0790. The number of aryl methyl sites for hydroxylation is 1. The molecule has 7 heteroatoms. The van der Waals surface area contributed by atoms with Crippen LogP contribution in [0.3, 0.4) is 0 Å². The third-order valence-corrected chi connectivity index (χ3v) is 5.43. The first-order valence-corrected chi connectivity index (χ1v) is 8.81. The second kappa shape index (κ2) is 6.07. The first-order valence-electron chi connectivity index (χ1n) is 7.37. The molecule has 1 aromatic heterocycles. The Bertz CT molecular complexity index is 1050. The van der Waals surface area contributed by atoms with Gasteiger partial charge in [0.05, 0.1) is 10.4 Å². The molecule has 130 valence electrons. The van der Waals surface area contributed by atoms with Crippen LogP contribution in [0.25, 0.3) is 17.0 Å². The molecular weight excluding hydrogens is 351 g/mol. The van der Waals surface area contributed by atoms with Gasteiger partial charge in [-0.25, -0.2) is 12.4 Å². The van der Waals surface area contributed by atoms with E-state index in [9.17, 15) is 21.6 Å². The van der Waals surface area contributed by atoms with Gasteiger partial charge in [0, 0.05) is 23.2 Å². The summed E-state index contributed by atoms with van der Waals surface area (Å²) in [5.74, 6) is 0. The number of para-hydroxylation sites is 1. The number of allylic oxidation sites excluding steroid dienone is 1. The van der Waals surface area contributed by atoms with E-state index in [1.54, 1.807) is 36.4 Å². The summed E-state index contributed by atoms with van der Waals surface area (Å²) in [6.07, 6.45) is -2.29. The number of alkyl halides is 3. The molecule has 1 heterocycles. The van der Waals surface area contributed by atoms with E-state index in [-0.39, 0.29) is 16.5 Å². The van der Waals surface area contributed by atoms with Gasteiger partial charge in [0.2, 0.25) is 0 Å². The van der Waals surface area contributed by atoms with Crippen molar-refractivity contribution >= 4 is 27.0 Å². The predicted octanol–water partition coefficient (Wildman–Crippen LogP) is 4.76. The molecule has 25 heavy (non-hydrogen) atoms. The van der Waals surface area contributed by atoms with Crippen LogP contribution in [-0.4, -0.2) is 18.6 Å². The molecule has 3 nitrogen and oxygen atoms in total. The normalized spacial score (nSPS) is 13.0. The Hall–Kier alpha value is -2.54. The summed E-state index contributed by atoms with van der Waals surface area (Å²) in [7, 11) is -3.91. The van der Waals surface area contributed by atoms with E-state index in [1.807, 2.05) is 6.92 Å². The maximum Gasteiger partial charge on any atom is 0.409 e. The van der Waals surface area contributed by atoms with Gasteiger partial charge in [-0.2, -0.15) is 13.2 Å². The summed E-state index contributed by atoms with van der Waals surface area (Å²) in [6, 6.07) is 12.7. The van der Waals surface area contributed by atoms with E-state index in [1.165, 1.54) is 18.3 Å². The summed E-state index contributed by atoms with van der Waals surface area (Å²) in [6.45, 7) is 1.83. The molecule has 0 saturated carbocycles. The Morgan fingerprint density at radius 1 is 1.00 bits per heavy atom.